The molecule has 38 heavy (non-hydrogen) atoms. The summed E-state index contributed by atoms with van der Waals surface area (Å²) in [5.74, 6) is -0.261. The van der Waals surface area contributed by atoms with E-state index in [1.165, 1.54) is 0 Å². The van der Waals surface area contributed by atoms with Gasteiger partial charge in [-0.1, -0.05) is 0 Å². The summed E-state index contributed by atoms with van der Waals surface area (Å²) in [7, 11) is 0. The van der Waals surface area contributed by atoms with E-state index < -0.39 is 11.2 Å². The lowest BCUT2D eigenvalue weighted by atomic mass is 10.1. The minimum atomic E-state index is -0.469. The molecule has 1 heterocycles. The number of esters is 1. The molecule has 1 aliphatic heterocycles. The van der Waals surface area contributed by atoms with E-state index in [-0.39, 0.29) is 18.5 Å². The monoisotopic (exact) mass is 548 g/mol. The first-order chi connectivity index (χ1) is 18.0. The van der Waals surface area contributed by atoms with E-state index in [0.717, 1.165) is 19.4 Å². The van der Waals surface area contributed by atoms with Gasteiger partial charge in [-0.15, -0.1) is 0 Å². The fourth-order valence-corrected chi connectivity index (χ4v) is 3.46. The molecule has 1 aliphatic rings. The van der Waals surface area contributed by atoms with Crippen LogP contribution in [0.2, 0.25) is 0 Å². The van der Waals surface area contributed by atoms with Crippen molar-refractivity contribution in [3.05, 3.63) is 0 Å². The van der Waals surface area contributed by atoms with Crippen LogP contribution in [0.25, 0.3) is 0 Å². The maximum absolute atomic E-state index is 12.1. The van der Waals surface area contributed by atoms with Crippen molar-refractivity contribution < 1.29 is 42.7 Å². The highest BCUT2D eigenvalue weighted by Gasteiger charge is 2.26. The lowest BCUT2D eigenvalue weighted by molar-refractivity contribution is -0.156. The molecule has 0 aliphatic carbocycles. The minimum absolute atomic E-state index is 0.228. The van der Waals surface area contributed by atoms with Crippen LogP contribution < -0.4 is 5.32 Å². The van der Waals surface area contributed by atoms with Crippen molar-refractivity contribution in [2.45, 2.75) is 78.0 Å². The van der Waals surface area contributed by atoms with E-state index in [1.54, 1.807) is 4.90 Å². The number of hydrogen-bond acceptors (Lipinski definition) is 10. The van der Waals surface area contributed by atoms with E-state index in [0.29, 0.717) is 85.2 Å². The zero-order chi connectivity index (χ0) is 28.3. The third-order valence-corrected chi connectivity index (χ3v) is 5.18. The number of carbonyl (C=O) groups is 2. The second kappa shape index (κ2) is 19.5. The van der Waals surface area contributed by atoms with Crippen LogP contribution in [-0.2, 0) is 38.0 Å². The number of likely N-dealkylation sites (tertiary alicyclic amines) is 1. The Kier molecular flexibility index (Phi) is 17.8. The molecule has 0 bridgehead atoms. The second-order valence-electron chi connectivity index (χ2n) is 11.1. The van der Waals surface area contributed by atoms with Gasteiger partial charge in [-0.3, -0.25) is 4.79 Å². The largest absolute Gasteiger partial charge is 0.460 e. The third kappa shape index (κ3) is 20.5. The molecule has 1 rings (SSSR count). The smallest absolute Gasteiger partial charge is 0.410 e. The molecule has 224 valence electrons. The number of nitrogens with one attached hydrogen (secondary N) is 1. The number of hydrogen-bond donors (Lipinski definition) is 1. The van der Waals surface area contributed by atoms with Crippen LogP contribution in [0.4, 0.5) is 4.79 Å². The lowest BCUT2D eigenvalue weighted by Crippen LogP contribution is -2.47. The van der Waals surface area contributed by atoms with Crippen LogP contribution >= 0.6 is 0 Å². The highest BCUT2D eigenvalue weighted by atomic mass is 16.6. The summed E-state index contributed by atoms with van der Waals surface area (Å²) in [6.07, 6.45) is 1.84. The van der Waals surface area contributed by atoms with Crippen LogP contribution in [0, 0.1) is 0 Å². The molecule has 0 aromatic rings. The zero-order valence-electron chi connectivity index (χ0n) is 24.5. The van der Waals surface area contributed by atoms with Crippen LogP contribution in [0.3, 0.4) is 0 Å². The van der Waals surface area contributed by atoms with Gasteiger partial charge in [0.25, 0.3) is 0 Å². The van der Waals surface area contributed by atoms with E-state index in [4.69, 9.17) is 33.2 Å². The van der Waals surface area contributed by atoms with Crippen molar-refractivity contribution in [2.24, 2.45) is 0 Å². The van der Waals surface area contributed by atoms with Gasteiger partial charge in [0.2, 0.25) is 0 Å². The summed E-state index contributed by atoms with van der Waals surface area (Å²) in [6, 6.07) is 0.395. The fourth-order valence-electron chi connectivity index (χ4n) is 3.46. The Bertz CT molecular complexity index is 627. The summed E-state index contributed by atoms with van der Waals surface area (Å²) in [6.45, 7) is 18.2. The second-order valence-corrected chi connectivity index (χ2v) is 11.1. The van der Waals surface area contributed by atoms with Crippen molar-refractivity contribution in [2.75, 3.05) is 85.7 Å². The summed E-state index contributed by atoms with van der Waals surface area (Å²) < 4.78 is 38.0. The molecule has 0 aromatic carbocycles. The normalized spacial score (nSPS) is 15.1. The first-order valence-corrected chi connectivity index (χ1v) is 13.8. The van der Waals surface area contributed by atoms with Crippen LogP contribution in [0.15, 0.2) is 0 Å². The molecule has 0 unspecified atom stereocenters. The SMILES string of the molecule is CC(C)(C)OC(=O)CCOCCOCCOCCOCCOCCNC1CCN(C(=O)OC(C)(C)C)CC1. The maximum Gasteiger partial charge on any atom is 0.410 e. The topological polar surface area (TPSA) is 114 Å². The van der Waals surface area contributed by atoms with Crippen molar-refractivity contribution in [3.8, 4) is 0 Å². The average Bonchev–Trinajstić information content (AvgIpc) is 2.81. The average molecular weight is 549 g/mol. The van der Waals surface area contributed by atoms with Gasteiger partial charge < -0.3 is 43.4 Å². The molecule has 0 aromatic heterocycles. The Labute approximate surface area is 229 Å². The molecule has 1 saturated heterocycles. The molecule has 0 radical (unpaired) electrons. The molecule has 0 spiro atoms. The number of piperidine rings is 1. The van der Waals surface area contributed by atoms with Crippen molar-refractivity contribution in [3.63, 3.8) is 0 Å². The Balaban J connectivity index is 1.79. The van der Waals surface area contributed by atoms with Gasteiger partial charge in [-0.05, 0) is 54.4 Å². The lowest BCUT2D eigenvalue weighted by Gasteiger charge is -2.33. The van der Waals surface area contributed by atoms with Crippen molar-refractivity contribution in [1.82, 2.24) is 10.2 Å². The van der Waals surface area contributed by atoms with E-state index in [1.807, 2.05) is 41.5 Å². The minimum Gasteiger partial charge on any atom is -0.460 e. The number of carbonyl (C=O) groups excluding carboxylic acids is 2. The number of rotatable bonds is 19. The predicted molar refractivity (Wildman–Crippen MR) is 143 cm³/mol. The van der Waals surface area contributed by atoms with Gasteiger partial charge in [0.15, 0.2) is 0 Å². The summed E-state index contributed by atoms with van der Waals surface area (Å²) in [4.78, 5) is 25.4. The maximum atomic E-state index is 12.1. The number of ether oxygens (including phenoxy) is 7. The number of nitrogens with zero attached hydrogens (tertiary/aromatic N) is 1. The van der Waals surface area contributed by atoms with Crippen molar-refractivity contribution in [1.29, 1.82) is 0 Å². The van der Waals surface area contributed by atoms with Crippen molar-refractivity contribution >= 4 is 12.1 Å². The first kappa shape index (κ1) is 34.5. The molecule has 11 nitrogen and oxygen atoms in total. The molecule has 1 amide bonds. The Hall–Kier alpha value is -1.50. The molecule has 1 fully saturated rings. The molecule has 11 heteroatoms. The zero-order valence-corrected chi connectivity index (χ0v) is 24.5. The third-order valence-electron chi connectivity index (χ3n) is 5.18. The summed E-state index contributed by atoms with van der Waals surface area (Å²) in [5, 5.41) is 3.49. The Morgan fingerprint density at radius 2 is 1.08 bits per heavy atom. The first-order valence-electron chi connectivity index (χ1n) is 13.8. The van der Waals surface area contributed by atoms with Crippen LogP contribution in [-0.4, -0.2) is 120 Å². The molecule has 0 atom stereocenters. The van der Waals surface area contributed by atoms with Gasteiger partial charge >= 0.3 is 12.1 Å². The van der Waals surface area contributed by atoms with Gasteiger partial charge in [0, 0.05) is 25.7 Å². The van der Waals surface area contributed by atoms with E-state index >= 15 is 0 Å². The summed E-state index contributed by atoms with van der Waals surface area (Å²) >= 11 is 0. The fraction of sp³-hybridized carbons (Fsp3) is 0.926. The molecule has 1 N–H and O–H groups in total. The van der Waals surface area contributed by atoms with Gasteiger partial charge in [-0.2, -0.15) is 0 Å². The Morgan fingerprint density at radius 3 is 1.53 bits per heavy atom. The van der Waals surface area contributed by atoms with E-state index in [2.05, 4.69) is 5.32 Å². The highest BCUT2D eigenvalue weighted by molar-refractivity contribution is 5.70. The van der Waals surface area contributed by atoms with E-state index in [9.17, 15) is 9.59 Å². The molecular formula is C27H52N2O9. The van der Waals surface area contributed by atoms with Gasteiger partial charge in [0.05, 0.1) is 72.5 Å². The van der Waals surface area contributed by atoms with Gasteiger partial charge in [0.1, 0.15) is 11.2 Å². The van der Waals surface area contributed by atoms with Crippen LogP contribution in [0.1, 0.15) is 60.8 Å². The number of amides is 1. The summed E-state index contributed by atoms with van der Waals surface area (Å²) in [5.41, 5.74) is -0.928. The standard InChI is InChI=1S/C27H52N2O9/c1-26(2,3)37-24(30)9-13-32-15-17-34-19-21-36-22-20-35-18-16-33-14-10-28-23-7-11-29(12-8-23)25(31)38-27(4,5)6/h23,28H,7-22H2,1-6H3. The highest BCUT2D eigenvalue weighted by Crippen LogP contribution is 2.15. The predicted octanol–water partition coefficient (Wildman–Crippen LogP) is 2.79. The Morgan fingerprint density at radius 1 is 0.658 bits per heavy atom. The van der Waals surface area contributed by atoms with Crippen LogP contribution in [0.5, 0.6) is 0 Å². The molecular weight excluding hydrogens is 496 g/mol. The molecule has 0 saturated carbocycles. The van der Waals surface area contributed by atoms with Gasteiger partial charge in [-0.25, -0.2) is 4.79 Å². The quantitative estimate of drug-likeness (QED) is 0.191.